The summed E-state index contributed by atoms with van der Waals surface area (Å²) in [5.74, 6) is 1.90. The third kappa shape index (κ3) is 6.61. The van der Waals surface area contributed by atoms with Crippen LogP contribution in [0, 0.1) is 0 Å². The van der Waals surface area contributed by atoms with Crippen LogP contribution in [-0.4, -0.2) is 77.8 Å². The number of piperazine rings is 1. The Bertz CT molecular complexity index is 803. The molecule has 0 atom stereocenters. The number of hydrogen-bond donors (Lipinski definition) is 1. The normalized spacial score (nSPS) is 14.3. The largest absolute Gasteiger partial charge is 0.450 e. The molecule has 9 heteroatoms. The lowest BCUT2D eigenvalue weighted by atomic mass is 10.2. The van der Waals surface area contributed by atoms with Crippen LogP contribution in [-0.2, 0) is 17.7 Å². The fraction of sp³-hybridized carbons (Fsp3) is 0.476. The minimum Gasteiger partial charge on any atom is -0.450 e. The van der Waals surface area contributed by atoms with Crippen molar-refractivity contribution < 1.29 is 9.53 Å². The summed E-state index contributed by atoms with van der Waals surface area (Å²) in [5.41, 5.74) is 1.26. The van der Waals surface area contributed by atoms with Crippen LogP contribution in [0.25, 0.3) is 0 Å². The standard InChI is InChI=1S/C21H30N6O2.HI/c1-3-29-21(28)26-15-13-25(14-16-26)20(22-2)24-10-9-19-23-11-12-27(19)17-18-7-5-4-6-8-18;/h4-8,11-12H,3,9-10,13-17H2,1-2H3,(H,22,24);1H. The molecule has 0 unspecified atom stereocenters. The first-order chi connectivity index (χ1) is 14.2. The number of hydrogen-bond acceptors (Lipinski definition) is 4. The molecule has 3 rings (SSSR count). The van der Waals surface area contributed by atoms with Crippen LogP contribution in [0.1, 0.15) is 18.3 Å². The quantitative estimate of drug-likeness (QED) is 0.356. The van der Waals surface area contributed by atoms with Crippen LogP contribution < -0.4 is 5.32 Å². The Labute approximate surface area is 195 Å². The zero-order chi connectivity index (χ0) is 20.5. The van der Waals surface area contributed by atoms with Crippen molar-refractivity contribution in [2.45, 2.75) is 19.9 Å². The van der Waals surface area contributed by atoms with Gasteiger partial charge < -0.3 is 24.4 Å². The second-order valence-corrected chi connectivity index (χ2v) is 6.85. The summed E-state index contributed by atoms with van der Waals surface area (Å²) in [7, 11) is 1.79. The summed E-state index contributed by atoms with van der Waals surface area (Å²) < 4.78 is 7.26. The number of nitrogens with one attached hydrogen (secondary N) is 1. The highest BCUT2D eigenvalue weighted by molar-refractivity contribution is 14.0. The van der Waals surface area contributed by atoms with Crippen LogP contribution in [0.2, 0.25) is 0 Å². The highest BCUT2D eigenvalue weighted by Gasteiger charge is 2.23. The number of halogens is 1. The van der Waals surface area contributed by atoms with Crippen molar-refractivity contribution in [2.75, 3.05) is 46.4 Å². The number of aliphatic imine (C=N–C) groups is 1. The summed E-state index contributed by atoms with van der Waals surface area (Å²) in [4.78, 5) is 24.7. The molecule has 1 fully saturated rings. The first kappa shape index (κ1) is 24.0. The van der Waals surface area contributed by atoms with Crippen molar-refractivity contribution in [2.24, 2.45) is 4.99 Å². The molecule has 1 aliphatic rings. The van der Waals surface area contributed by atoms with Crippen molar-refractivity contribution in [3.05, 3.63) is 54.1 Å². The molecule has 1 aromatic carbocycles. The van der Waals surface area contributed by atoms with Gasteiger partial charge in [0.2, 0.25) is 0 Å². The predicted molar refractivity (Wildman–Crippen MR) is 128 cm³/mol. The number of aromatic nitrogens is 2. The maximum Gasteiger partial charge on any atom is 0.409 e. The molecule has 1 saturated heterocycles. The number of nitrogens with zero attached hydrogens (tertiary/aromatic N) is 5. The third-order valence-electron chi connectivity index (χ3n) is 4.95. The third-order valence-corrected chi connectivity index (χ3v) is 4.95. The van der Waals surface area contributed by atoms with E-state index in [9.17, 15) is 4.79 Å². The number of carbonyl (C=O) groups is 1. The van der Waals surface area contributed by atoms with Crippen molar-refractivity contribution in [3.8, 4) is 0 Å². The summed E-state index contributed by atoms with van der Waals surface area (Å²) in [6.45, 7) is 6.55. The van der Waals surface area contributed by atoms with Crippen LogP contribution in [0.5, 0.6) is 0 Å². The highest BCUT2D eigenvalue weighted by Crippen LogP contribution is 2.07. The molecule has 0 saturated carbocycles. The summed E-state index contributed by atoms with van der Waals surface area (Å²) in [6.07, 6.45) is 4.44. The SMILES string of the molecule is CCOC(=O)N1CCN(C(=NC)NCCc2nccn2Cc2ccccc2)CC1.I. The Balaban J connectivity index is 0.00000320. The molecular formula is C21H31IN6O2. The minimum absolute atomic E-state index is 0. The minimum atomic E-state index is -0.236. The summed E-state index contributed by atoms with van der Waals surface area (Å²) in [5, 5.41) is 3.43. The van der Waals surface area contributed by atoms with Crippen molar-refractivity contribution in [1.29, 1.82) is 0 Å². The first-order valence-electron chi connectivity index (χ1n) is 10.1. The van der Waals surface area contributed by atoms with Crippen LogP contribution >= 0.6 is 24.0 Å². The van der Waals surface area contributed by atoms with Gasteiger partial charge in [0.05, 0.1) is 6.61 Å². The molecular weight excluding hydrogens is 495 g/mol. The molecule has 0 radical (unpaired) electrons. The van der Waals surface area contributed by atoms with E-state index in [1.54, 1.807) is 11.9 Å². The first-order valence-corrected chi connectivity index (χ1v) is 10.1. The molecule has 2 aromatic rings. The fourth-order valence-corrected chi connectivity index (χ4v) is 3.43. The monoisotopic (exact) mass is 526 g/mol. The maximum absolute atomic E-state index is 11.8. The second kappa shape index (κ2) is 12.4. The predicted octanol–water partition coefficient (Wildman–Crippen LogP) is 2.44. The Hall–Kier alpha value is -2.30. The van der Waals surface area contributed by atoms with E-state index in [2.05, 4.69) is 49.0 Å². The van der Waals surface area contributed by atoms with Crippen LogP contribution in [0.4, 0.5) is 4.79 Å². The zero-order valence-corrected chi connectivity index (χ0v) is 20.0. The Morgan fingerprint density at radius 1 is 1.17 bits per heavy atom. The Morgan fingerprint density at radius 3 is 2.53 bits per heavy atom. The lowest BCUT2D eigenvalue weighted by molar-refractivity contribution is 0.0914. The van der Waals surface area contributed by atoms with Gasteiger partial charge in [-0.25, -0.2) is 9.78 Å². The summed E-state index contributed by atoms with van der Waals surface area (Å²) in [6, 6.07) is 10.4. The van der Waals surface area contributed by atoms with E-state index >= 15 is 0 Å². The van der Waals surface area contributed by atoms with Gasteiger partial charge in [0.15, 0.2) is 5.96 Å². The van der Waals surface area contributed by atoms with Crippen LogP contribution in [0.3, 0.4) is 0 Å². The van der Waals surface area contributed by atoms with Crippen LogP contribution in [0.15, 0.2) is 47.7 Å². The van der Waals surface area contributed by atoms with E-state index in [-0.39, 0.29) is 30.1 Å². The number of guanidine groups is 1. The number of benzene rings is 1. The van der Waals surface area contributed by atoms with Gasteiger partial charge in [0, 0.05) is 65.1 Å². The van der Waals surface area contributed by atoms with Gasteiger partial charge in [-0.1, -0.05) is 30.3 Å². The highest BCUT2D eigenvalue weighted by atomic mass is 127. The van der Waals surface area contributed by atoms with Gasteiger partial charge in [-0.3, -0.25) is 4.99 Å². The maximum atomic E-state index is 11.8. The number of imidazole rings is 1. The topological polar surface area (TPSA) is 75.0 Å². The van der Waals surface area contributed by atoms with Gasteiger partial charge in [-0.15, -0.1) is 24.0 Å². The van der Waals surface area contributed by atoms with Gasteiger partial charge in [0.1, 0.15) is 5.82 Å². The number of rotatable bonds is 6. The molecule has 0 spiro atoms. The molecule has 1 aliphatic heterocycles. The van der Waals surface area contributed by atoms with E-state index in [4.69, 9.17) is 4.74 Å². The van der Waals surface area contributed by atoms with E-state index < -0.39 is 0 Å². The van der Waals surface area contributed by atoms with Crippen molar-refractivity contribution >= 4 is 36.0 Å². The Morgan fingerprint density at radius 2 is 1.87 bits per heavy atom. The molecule has 30 heavy (non-hydrogen) atoms. The van der Waals surface area contributed by atoms with E-state index in [1.165, 1.54) is 5.56 Å². The summed E-state index contributed by atoms with van der Waals surface area (Å²) >= 11 is 0. The number of amides is 1. The smallest absolute Gasteiger partial charge is 0.409 e. The molecule has 1 amide bonds. The molecule has 1 N–H and O–H groups in total. The molecule has 0 aliphatic carbocycles. The average molecular weight is 526 g/mol. The van der Waals surface area contributed by atoms with E-state index in [0.717, 1.165) is 44.4 Å². The molecule has 1 aromatic heterocycles. The zero-order valence-electron chi connectivity index (χ0n) is 17.7. The Kier molecular flexibility index (Phi) is 9.92. The van der Waals surface area contributed by atoms with Gasteiger partial charge in [0.25, 0.3) is 0 Å². The molecule has 0 bridgehead atoms. The van der Waals surface area contributed by atoms with Gasteiger partial charge in [-0.2, -0.15) is 0 Å². The number of carbonyl (C=O) groups excluding carboxylic acids is 1. The average Bonchev–Trinajstić information content (AvgIpc) is 3.19. The number of ether oxygens (including phenoxy) is 1. The van der Waals surface area contributed by atoms with Crippen molar-refractivity contribution in [1.82, 2.24) is 24.7 Å². The lowest BCUT2D eigenvalue weighted by Crippen LogP contribution is -2.54. The molecule has 164 valence electrons. The van der Waals surface area contributed by atoms with Gasteiger partial charge >= 0.3 is 6.09 Å². The fourth-order valence-electron chi connectivity index (χ4n) is 3.43. The van der Waals surface area contributed by atoms with E-state index in [1.807, 2.05) is 25.4 Å². The van der Waals surface area contributed by atoms with Crippen molar-refractivity contribution in [3.63, 3.8) is 0 Å². The van der Waals surface area contributed by atoms with Gasteiger partial charge in [-0.05, 0) is 12.5 Å². The molecule has 2 heterocycles. The second-order valence-electron chi connectivity index (χ2n) is 6.85. The molecule has 8 nitrogen and oxygen atoms in total. The van der Waals surface area contributed by atoms with E-state index in [0.29, 0.717) is 19.7 Å². The lowest BCUT2D eigenvalue weighted by Gasteiger charge is -2.35.